The average molecular weight is 553 g/mol. The minimum atomic E-state index is -1.000. The van der Waals surface area contributed by atoms with E-state index in [4.69, 9.17) is 19.6 Å². The summed E-state index contributed by atoms with van der Waals surface area (Å²) in [6.07, 6.45) is 1.77. The number of benzene rings is 3. The van der Waals surface area contributed by atoms with Gasteiger partial charge in [-0.3, -0.25) is 9.69 Å². The number of hydrogen-bond acceptors (Lipinski definition) is 6. The van der Waals surface area contributed by atoms with Crippen molar-refractivity contribution in [2.45, 2.75) is 6.54 Å². The van der Waals surface area contributed by atoms with E-state index in [-0.39, 0.29) is 18.0 Å². The molecule has 0 spiro atoms. The first-order valence-corrected chi connectivity index (χ1v) is 12.1. The SMILES string of the molecule is COc1cc(OC)c(C=C2SC(=Nc3ccccc3)N(Cc3ccc(C(=O)O)cc3)C2=O)cc1Br. The summed E-state index contributed by atoms with van der Waals surface area (Å²) in [7, 11) is 3.13. The van der Waals surface area contributed by atoms with Gasteiger partial charge in [0, 0.05) is 11.6 Å². The van der Waals surface area contributed by atoms with Crippen LogP contribution in [0.2, 0.25) is 0 Å². The van der Waals surface area contributed by atoms with Crippen molar-refractivity contribution in [3.05, 3.63) is 92.8 Å². The molecule has 0 atom stereocenters. The number of carbonyl (C=O) groups is 2. The van der Waals surface area contributed by atoms with Crippen LogP contribution in [0.1, 0.15) is 21.5 Å². The highest BCUT2D eigenvalue weighted by Gasteiger charge is 2.34. The highest BCUT2D eigenvalue weighted by molar-refractivity contribution is 9.10. The summed E-state index contributed by atoms with van der Waals surface area (Å²) in [5.74, 6) is -0.0242. The molecule has 4 rings (SSSR count). The van der Waals surface area contributed by atoms with Gasteiger partial charge in [0.15, 0.2) is 5.17 Å². The number of rotatable bonds is 7. The number of carbonyl (C=O) groups excluding carboxylic acids is 1. The molecule has 0 bridgehead atoms. The lowest BCUT2D eigenvalue weighted by Gasteiger charge is -2.16. The molecule has 9 heteroatoms. The average Bonchev–Trinajstić information content (AvgIpc) is 3.14. The Bertz CT molecular complexity index is 1320. The van der Waals surface area contributed by atoms with E-state index in [1.807, 2.05) is 36.4 Å². The molecule has 0 saturated carbocycles. The van der Waals surface area contributed by atoms with E-state index in [0.29, 0.717) is 27.1 Å². The predicted molar refractivity (Wildman–Crippen MR) is 140 cm³/mol. The standard InChI is InChI=1S/C26H21BrN2O5S/c1-33-21-14-22(34-2)20(27)12-18(21)13-23-24(30)29(15-16-8-10-17(11-9-16)25(31)32)26(35-23)28-19-6-4-3-5-7-19/h3-14H,15H2,1-2H3,(H,31,32). The summed E-state index contributed by atoms with van der Waals surface area (Å²) < 4.78 is 11.6. The first-order valence-electron chi connectivity index (χ1n) is 10.5. The Hall–Kier alpha value is -3.56. The quantitative estimate of drug-likeness (QED) is 0.363. The number of halogens is 1. The zero-order valence-corrected chi connectivity index (χ0v) is 21.3. The van der Waals surface area contributed by atoms with Gasteiger partial charge in [-0.2, -0.15) is 0 Å². The van der Waals surface area contributed by atoms with Crippen LogP contribution in [-0.2, 0) is 11.3 Å². The molecule has 0 radical (unpaired) electrons. The Morgan fingerprint density at radius 2 is 1.74 bits per heavy atom. The number of ether oxygens (including phenoxy) is 2. The molecule has 3 aromatic carbocycles. The molecular weight excluding hydrogens is 532 g/mol. The number of para-hydroxylation sites is 1. The summed E-state index contributed by atoms with van der Waals surface area (Å²) in [6, 6.07) is 19.4. The lowest BCUT2D eigenvalue weighted by molar-refractivity contribution is -0.122. The van der Waals surface area contributed by atoms with Crippen LogP contribution in [0.4, 0.5) is 5.69 Å². The van der Waals surface area contributed by atoms with Crippen molar-refractivity contribution in [3.8, 4) is 11.5 Å². The minimum absolute atomic E-state index is 0.187. The van der Waals surface area contributed by atoms with Crippen LogP contribution in [0.25, 0.3) is 6.08 Å². The number of aliphatic imine (C=N–C) groups is 1. The molecule has 178 valence electrons. The molecule has 1 heterocycles. The second-order valence-corrected chi connectivity index (χ2v) is 9.33. The van der Waals surface area contributed by atoms with Gasteiger partial charge in [-0.05, 0) is 69.7 Å². The van der Waals surface area contributed by atoms with Gasteiger partial charge in [0.1, 0.15) is 11.5 Å². The van der Waals surface area contributed by atoms with Gasteiger partial charge < -0.3 is 14.6 Å². The Kier molecular flexibility index (Phi) is 7.57. The summed E-state index contributed by atoms with van der Waals surface area (Å²) in [4.78, 5) is 31.4. The van der Waals surface area contributed by atoms with E-state index in [2.05, 4.69) is 15.9 Å². The fourth-order valence-corrected chi connectivity index (χ4v) is 4.93. The molecule has 3 aromatic rings. The number of nitrogens with zero attached hydrogens (tertiary/aromatic N) is 2. The van der Waals surface area contributed by atoms with Crippen LogP contribution in [0.3, 0.4) is 0 Å². The van der Waals surface area contributed by atoms with Gasteiger partial charge in [-0.1, -0.05) is 30.3 Å². The molecule has 0 aromatic heterocycles. The molecular formula is C26H21BrN2O5S. The third kappa shape index (κ3) is 5.58. The third-order valence-corrected chi connectivity index (χ3v) is 6.83. The lowest BCUT2D eigenvalue weighted by atomic mass is 10.1. The topological polar surface area (TPSA) is 88.4 Å². The van der Waals surface area contributed by atoms with Crippen LogP contribution in [0.5, 0.6) is 11.5 Å². The van der Waals surface area contributed by atoms with Gasteiger partial charge in [-0.25, -0.2) is 9.79 Å². The molecule has 35 heavy (non-hydrogen) atoms. The van der Waals surface area contributed by atoms with Gasteiger partial charge in [0.2, 0.25) is 0 Å². The summed E-state index contributed by atoms with van der Waals surface area (Å²) in [5.41, 5.74) is 2.41. The summed E-state index contributed by atoms with van der Waals surface area (Å²) in [6.45, 7) is 0.248. The third-order valence-electron chi connectivity index (χ3n) is 5.20. The van der Waals surface area contributed by atoms with Crippen LogP contribution < -0.4 is 9.47 Å². The number of carboxylic acid groups (broad SMARTS) is 1. The molecule has 1 N–H and O–H groups in total. The first kappa shape index (κ1) is 24.6. The second kappa shape index (κ2) is 10.8. The molecule has 1 aliphatic heterocycles. The predicted octanol–water partition coefficient (Wildman–Crippen LogP) is 5.97. The van der Waals surface area contributed by atoms with E-state index in [1.165, 1.54) is 23.9 Å². The van der Waals surface area contributed by atoms with Crippen LogP contribution >= 0.6 is 27.7 Å². The number of methoxy groups -OCH3 is 2. The largest absolute Gasteiger partial charge is 0.496 e. The monoisotopic (exact) mass is 552 g/mol. The maximum Gasteiger partial charge on any atom is 0.335 e. The zero-order chi connectivity index (χ0) is 24.9. The van der Waals surface area contributed by atoms with Gasteiger partial charge in [0.25, 0.3) is 5.91 Å². The number of thioether (sulfide) groups is 1. The van der Waals surface area contributed by atoms with Crippen molar-refractivity contribution >= 4 is 56.5 Å². The van der Waals surface area contributed by atoms with Crippen LogP contribution in [-0.4, -0.2) is 41.3 Å². The summed E-state index contributed by atoms with van der Waals surface area (Å²) in [5, 5.41) is 9.69. The Balaban J connectivity index is 1.72. The Labute approximate surface area is 215 Å². The maximum absolute atomic E-state index is 13.5. The fourth-order valence-electron chi connectivity index (χ4n) is 3.42. The van der Waals surface area contributed by atoms with Crippen molar-refractivity contribution in [1.82, 2.24) is 4.90 Å². The van der Waals surface area contributed by atoms with E-state index in [1.54, 1.807) is 43.4 Å². The van der Waals surface area contributed by atoms with E-state index < -0.39 is 5.97 Å². The zero-order valence-electron chi connectivity index (χ0n) is 18.9. The van der Waals surface area contributed by atoms with Crippen LogP contribution in [0.15, 0.2) is 81.1 Å². The van der Waals surface area contributed by atoms with Crippen LogP contribution in [0, 0.1) is 0 Å². The van der Waals surface area contributed by atoms with Gasteiger partial charge >= 0.3 is 5.97 Å². The molecule has 1 saturated heterocycles. The fraction of sp³-hybridized carbons (Fsp3) is 0.115. The number of amidine groups is 1. The minimum Gasteiger partial charge on any atom is -0.496 e. The van der Waals surface area contributed by atoms with Gasteiger partial charge in [-0.15, -0.1) is 0 Å². The summed E-state index contributed by atoms with van der Waals surface area (Å²) >= 11 is 4.76. The number of aromatic carboxylic acids is 1. The number of hydrogen-bond donors (Lipinski definition) is 1. The highest BCUT2D eigenvalue weighted by Crippen LogP contribution is 2.39. The number of amides is 1. The molecule has 1 aliphatic rings. The second-order valence-electron chi connectivity index (χ2n) is 7.46. The van der Waals surface area contributed by atoms with Crippen molar-refractivity contribution in [1.29, 1.82) is 0 Å². The van der Waals surface area contributed by atoms with E-state index >= 15 is 0 Å². The molecule has 0 aliphatic carbocycles. The normalized spacial score (nSPS) is 15.6. The molecule has 0 unspecified atom stereocenters. The first-order chi connectivity index (χ1) is 16.9. The number of carboxylic acids is 1. The van der Waals surface area contributed by atoms with Gasteiger partial charge in [0.05, 0.1) is 41.4 Å². The lowest BCUT2D eigenvalue weighted by Crippen LogP contribution is -2.28. The van der Waals surface area contributed by atoms with Crippen molar-refractivity contribution in [2.24, 2.45) is 4.99 Å². The van der Waals surface area contributed by atoms with Crippen molar-refractivity contribution < 1.29 is 24.2 Å². The Morgan fingerprint density at radius 3 is 2.37 bits per heavy atom. The molecule has 7 nitrogen and oxygen atoms in total. The highest BCUT2D eigenvalue weighted by atomic mass is 79.9. The Morgan fingerprint density at radius 1 is 1.06 bits per heavy atom. The molecule has 1 amide bonds. The van der Waals surface area contributed by atoms with E-state index in [9.17, 15) is 9.59 Å². The molecule has 1 fully saturated rings. The van der Waals surface area contributed by atoms with E-state index in [0.717, 1.165) is 15.7 Å². The van der Waals surface area contributed by atoms with Crippen molar-refractivity contribution in [2.75, 3.05) is 14.2 Å². The maximum atomic E-state index is 13.5. The van der Waals surface area contributed by atoms with Crippen molar-refractivity contribution in [3.63, 3.8) is 0 Å². The smallest absolute Gasteiger partial charge is 0.335 e.